The fourth-order valence-electron chi connectivity index (χ4n) is 2.44. The second kappa shape index (κ2) is 11.9. The van der Waals surface area contributed by atoms with E-state index in [0.717, 1.165) is 11.5 Å². The van der Waals surface area contributed by atoms with Crippen LogP contribution in [0.5, 0.6) is 11.5 Å². The summed E-state index contributed by atoms with van der Waals surface area (Å²) >= 11 is 1.62. The number of carbonyl (C=O) groups excluding carboxylic acids is 2. The van der Waals surface area contributed by atoms with E-state index in [9.17, 15) is 9.59 Å². The van der Waals surface area contributed by atoms with Crippen LogP contribution in [0.2, 0.25) is 0 Å². The van der Waals surface area contributed by atoms with Gasteiger partial charge >= 0.3 is 0 Å². The van der Waals surface area contributed by atoms with Crippen LogP contribution in [0.25, 0.3) is 0 Å². The Kier molecular flexibility index (Phi) is 9.21. The summed E-state index contributed by atoms with van der Waals surface area (Å²) in [5, 5.41) is 5.60. The molecule has 0 bridgehead atoms. The zero-order valence-electron chi connectivity index (χ0n) is 16.1. The minimum Gasteiger partial charge on any atom is -0.494 e. The van der Waals surface area contributed by atoms with E-state index in [2.05, 4.69) is 10.6 Å². The monoisotopic (exact) mass is 402 g/mol. The normalized spacial score (nSPS) is 11.4. The average Bonchev–Trinajstić information content (AvgIpc) is 2.72. The van der Waals surface area contributed by atoms with E-state index in [4.69, 9.17) is 9.47 Å². The molecule has 0 aliphatic carbocycles. The molecule has 7 heteroatoms. The lowest BCUT2D eigenvalue weighted by Crippen LogP contribution is -2.45. The molecule has 150 valence electrons. The van der Waals surface area contributed by atoms with Crippen LogP contribution in [-0.4, -0.2) is 43.1 Å². The van der Waals surface area contributed by atoms with Gasteiger partial charge in [-0.05, 0) is 61.8 Å². The van der Waals surface area contributed by atoms with E-state index < -0.39 is 6.04 Å². The van der Waals surface area contributed by atoms with Crippen molar-refractivity contribution in [1.29, 1.82) is 0 Å². The summed E-state index contributed by atoms with van der Waals surface area (Å²) < 4.78 is 10.8. The first-order valence-electron chi connectivity index (χ1n) is 9.12. The van der Waals surface area contributed by atoms with Gasteiger partial charge in [0.1, 0.15) is 17.5 Å². The molecule has 0 fully saturated rings. The highest BCUT2D eigenvalue weighted by Crippen LogP contribution is 2.16. The Bertz CT molecular complexity index is 738. The van der Waals surface area contributed by atoms with Crippen molar-refractivity contribution in [2.75, 3.05) is 30.5 Å². The number of thioether (sulfide) groups is 1. The van der Waals surface area contributed by atoms with Crippen molar-refractivity contribution in [3.8, 4) is 11.5 Å². The molecule has 0 radical (unpaired) electrons. The van der Waals surface area contributed by atoms with Crippen molar-refractivity contribution < 1.29 is 19.1 Å². The van der Waals surface area contributed by atoms with Gasteiger partial charge in [-0.1, -0.05) is 18.2 Å². The molecule has 2 aromatic carbocycles. The van der Waals surface area contributed by atoms with Crippen molar-refractivity contribution in [3.63, 3.8) is 0 Å². The zero-order valence-corrected chi connectivity index (χ0v) is 17.0. The molecule has 0 spiro atoms. The van der Waals surface area contributed by atoms with Crippen molar-refractivity contribution in [2.24, 2.45) is 0 Å². The van der Waals surface area contributed by atoms with Crippen LogP contribution in [0, 0.1) is 0 Å². The van der Waals surface area contributed by atoms with E-state index in [-0.39, 0.29) is 18.4 Å². The second-order valence-corrected chi connectivity index (χ2v) is 6.94. The summed E-state index contributed by atoms with van der Waals surface area (Å²) in [7, 11) is 0. The third-order valence-electron chi connectivity index (χ3n) is 3.81. The minimum absolute atomic E-state index is 0.143. The number of hydrogen-bond donors (Lipinski definition) is 2. The predicted molar refractivity (Wildman–Crippen MR) is 113 cm³/mol. The molecular weight excluding hydrogens is 376 g/mol. The highest BCUT2D eigenvalue weighted by Gasteiger charge is 2.21. The standard InChI is InChI=1S/C21H26N2O4S/c1-3-26-18-11-9-16(10-12-18)22-21(25)19(13-14-28-2)23-20(24)15-27-17-7-5-4-6-8-17/h4-12,19H,3,13-15H2,1-2H3,(H,22,25)(H,23,24)/t19-/m0/s1. The van der Waals surface area contributed by atoms with Gasteiger partial charge in [0.2, 0.25) is 5.91 Å². The van der Waals surface area contributed by atoms with E-state index >= 15 is 0 Å². The van der Waals surface area contributed by atoms with E-state index in [0.29, 0.717) is 24.5 Å². The van der Waals surface area contributed by atoms with Gasteiger partial charge in [-0.25, -0.2) is 0 Å². The van der Waals surface area contributed by atoms with Gasteiger partial charge in [0.15, 0.2) is 6.61 Å². The molecule has 0 aliphatic heterocycles. The topological polar surface area (TPSA) is 76.7 Å². The predicted octanol–water partition coefficient (Wildman–Crippen LogP) is 3.34. The molecule has 0 saturated carbocycles. The number of carbonyl (C=O) groups is 2. The summed E-state index contributed by atoms with van der Waals surface area (Å²) in [4.78, 5) is 24.9. The number of benzene rings is 2. The van der Waals surface area contributed by atoms with E-state index in [1.807, 2.05) is 31.4 Å². The Morgan fingerprint density at radius 2 is 1.68 bits per heavy atom. The van der Waals surface area contributed by atoms with Crippen molar-refractivity contribution >= 4 is 29.3 Å². The molecule has 0 unspecified atom stereocenters. The van der Waals surface area contributed by atoms with Crippen LogP contribution in [0.3, 0.4) is 0 Å². The average molecular weight is 403 g/mol. The Hall–Kier alpha value is -2.67. The number of nitrogens with one attached hydrogen (secondary N) is 2. The Labute approximate surface area is 170 Å². The van der Waals surface area contributed by atoms with Crippen LogP contribution in [0.4, 0.5) is 5.69 Å². The first-order chi connectivity index (χ1) is 13.6. The van der Waals surface area contributed by atoms with E-state index in [1.54, 1.807) is 48.2 Å². The number of anilines is 1. The van der Waals surface area contributed by atoms with Gasteiger partial charge in [0, 0.05) is 5.69 Å². The van der Waals surface area contributed by atoms with Crippen LogP contribution >= 0.6 is 11.8 Å². The summed E-state index contributed by atoms with van der Waals surface area (Å²) in [6.45, 7) is 2.35. The lowest BCUT2D eigenvalue weighted by atomic mass is 10.2. The highest BCUT2D eigenvalue weighted by atomic mass is 32.2. The van der Waals surface area contributed by atoms with Crippen molar-refractivity contribution in [1.82, 2.24) is 5.32 Å². The number of rotatable bonds is 11. The van der Waals surface area contributed by atoms with Gasteiger partial charge in [0.25, 0.3) is 5.91 Å². The maximum atomic E-state index is 12.6. The summed E-state index contributed by atoms with van der Waals surface area (Å²) in [5.74, 6) is 1.51. The number of para-hydroxylation sites is 1. The Morgan fingerprint density at radius 3 is 2.32 bits per heavy atom. The number of amides is 2. The van der Waals surface area contributed by atoms with E-state index in [1.165, 1.54) is 0 Å². The van der Waals surface area contributed by atoms with Crippen molar-refractivity contribution in [3.05, 3.63) is 54.6 Å². The van der Waals surface area contributed by atoms with Gasteiger partial charge in [-0.15, -0.1) is 0 Å². The minimum atomic E-state index is -0.633. The summed E-state index contributed by atoms with van der Waals surface area (Å²) in [5.41, 5.74) is 0.650. The molecule has 0 aromatic heterocycles. The first-order valence-corrected chi connectivity index (χ1v) is 10.5. The molecule has 2 amide bonds. The fraction of sp³-hybridized carbons (Fsp3) is 0.333. The summed E-state index contributed by atoms with van der Waals surface area (Å²) in [6, 6.07) is 15.6. The van der Waals surface area contributed by atoms with Gasteiger partial charge < -0.3 is 20.1 Å². The zero-order chi connectivity index (χ0) is 20.2. The van der Waals surface area contributed by atoms with Gasteiger partial charge in [0.05, 0.1) is 6.61 Å². The molecule has 2 rings (SSSR count). The molecule has 0 saturated heterocycles. The van der Waals surface area contributed by atoms with Crippen molar-refractivity contribution in [2.45, 2.75) is 19.4 Å². The second-order valence-electron chi connectivity index (χ2n) is 5.95. The molecule has 0 heterocycles. The lowest BCUT2D eigenvalue weighted by molar-refractivity contribution is -0.127. The van der Waals surface area contributed by atoms with Crippen LogP contribution in [0.1, 0.15) is 13.3 Å². The molecule has 2 aromatic rings. The molecular formula is C21H26N2O4S. The maximum Gasteiger partial charge on any atom is 0.258 e. The quantitative estimate of drug-likeness (QED) is 0.603. The van der Waals surface area contributed by atoms with Crippen LogP contribution in [0.15, 0.2) is 54.6 Å². The lowest BCUT2D eigenvalue weighted by Gasteiger charge is -2.18. The molecule has 2 N–H and O–H groups in total. The SMILES string of the molecule is CCOc1ccc(NC(=O)[C@H](CCSC)NC(=O)COc2ccccc2)cc1. The van der Waals surface area contributed by atoms with Crippen LogP contribution < -0.4 is 20.1 Å². The third-order valence-corrected chi connectivity index (χ3v) is 4.45. The third kappa shape index (κ3) is 7.52. The molecule has 1 atom stereocenters. The van der Waals surface area contributed by atoms with Gasteiger partial charge in [-0.3, -0.25) is 9.59 Å². The maximum absolute atomic E-state index is 12.6. The Morgan fingerprint density at radius 1 is 1.00 bits per heavy atom. The molecule has 28 heavy (non-hydrogen) atoms. The highest BCUT2D eigenvalue weighted by molar-refractivity contribution is 7.98. The fourth-order valence-corrected chi connectivity index (χ4v) is 2.91. The van der Waals surface area contributed by atoms with Crippen LogP contribution in [-0.2, 0) is 9.59 Å². The first kappa shape index (κ1) is 21.6. The number of hydrogen-bond acceptors (Lipinski definition) is 5. The molecule has 0 aliphatic rings. The smallest absolute Gasteiger partial charge is 0.258 e. The molecule has 6 nitrogen and oxygen atoms in total. The summed E-state index contributed by atoms with van der Waals surface area (Å²) in [6.07, 6.45) is 2.49. The number of ether oxygens (including phenoxy) is 2. The van der Waals surface area contributed by atoms with Gasteiger partial charge in [-0.2, -0.15) is 11.8 Å². The Balaban J connectivity index is 1.91. The largest absolute Gasteiger partial charge is 0.494 e.